The van der Waals surface area contributed by atoms with E-state index in [1.54, 1.807) is 18.2 Å². The maximum absolute atomic E-state index is 13.2. The van der Waals surface area contributed by atoms with Crippen molar-refractivity contribution in [1.29, 1.82) is 0 Å². The SMILES string of the molecule is C=CCC(N)c1cccc(F)c1OC. The van der Waals surface area contributed by atoms with Crippen molar-refractivity contribution in [2.24, 2.45) is 5.73 Å². The Labute approximate surface area is 83.2 Å². The second kappa shape index (κ2) is 4.77. The molecule has 0 aliphatic heterocycles. The van der Waals surface area contributed by atoms with Gasteiger partial charge in [0.1, 0.15) is 0 Å². The average Bonchev–Trinajstić information content (AvgIpc) is 2.17. The van der Waals surface area contributed by atoms with E-state index >= 15 is 0 Å². The van der Waals surface area contributed by atoms with Gasteiger partial charge in [0.15, 0.2) is 11.6 Å². The van der Waals surface area contributed by atoms with Gasteiger partial charge in [0.05, 0.1) is 7.11 Å². The summed E-state index contributed by atoms with van der Waals surface area (Å²) >= 11 is 0. The summed E-state index contributed by atoms with van der Waals surface area (Å²) in [5.74, 6) is -0.161. The van der Waals surface area contributed by atoms with Crippen LogP contribution in [-0.4, -0.2) is 7.11 Å². The van der Waals surface area contributed by atoms with Crippen LogP contribution >= 0.6 is 0 Å². The molecule has 14 heavy (non-hydrogen) atoms. The van der Waals surface area contributed by atoms with Crippen molar-refractivity contribution in [1.82, 2.24) is 0 Å². The van der Waals surface area contributed by atoms with Gasteiger partial charge < -0.3 is 10.5 Å². The number of methoxy groups -OCH3 is 1. The molecule has 1 rings (SSSR count). The summed E-state index contributed by atoms with van der Waals surface area (Å²) in [4.78, 5) is 0. The highest BCUT2D eigenvalue weighted by atomic mass is 19.1. The maximum atomic E-state index is 13.2. The van der Waals surface area contributed by atoms with Gasteiger partial charge >= 0.3 is 0 Å². The molecule has 0 saturated heterocycles. The van der Waals surface area contributed by atoms with E-state index in [0.717, 1.165) is 0 Å². The molecule has 0 spiro atoms. The molecule has 0 aliphatic rings. The Balaban J connectivity index is 3.06. The van der Waals surface area contributed by atoms with E-state index in [9.17, 15) is 4.39 Å². The first-order valence-electron chi connectivity index (χ1n) is 4.39. The lowest BCUT2D eigenvalue weighted by molar-refractivity contribution is 0.378. The number of para-hydroxylation sites is 1. The number of halogens is 1. The van der Waals surface area contributed by atoms with Gasteiger partial charge in [-0.15, -0.1) is 6.58 Å². The summed E-state index contributed by atoms with van der Waals surface area (Å²) in [5, 5.41) is 0. The molecule has 0 radical (unpaired) electrons. The van der Waals surface area contributed by atoms with Crippen LogP contribution < -0.4 is 10.5 Å². The lowest BCUT2D eigenvalue weighted by atomic mass is 10.0. The van der Waals surface area contributed by atoms with E-state index in [0.29, 0.717) is 12.0 Å². The highest BCUT2D eigenvalue weighted by molar-refractivity contribution is 5.37. The summed E-state index contributed by atoms with van der Waals surface area (Å²) in [6, 6.07) is 4.47. The molecule has 0 aliphatic carbocycles. The highest BCUT2D eigenvalue weighted by Gasteiger charge is 2.13. The van der Waals surface area contributed by atoms with E-state index in [1.807, 2.05) is 0 Å². The van der Waals surface area contributed by atoms with Crippen LogP contribution in [0.15, 0.2) is 30.9 Å². The zero-order chi connectivity index (χ0) is 10.6. The molecule has 76 valence electrons. The van der Waals surface area contributed by atoms with Crippen LogP contribution in [0.1, 0.15) is 18.0 Å². The number of hydrogen-bond donors (Lipinski definition) is 1. The molecule has 0 bridgehead atoms. The van der Waals surface area contributed by atoms with Crippen LogP contribution in [0.4, 0.5) is 4.39 Å². The molecule has 0 heterocycles. The van der Waals surface area contributed by atoms with Crippen molar-refractivity contribution in [3.05, 3.63) is 42.2 Å². The van der Waals surface area contributed by atoms with Gasteiger partial charge in [0.2, 0.25) is 0 Å². The predicted octanol–water partition coefficient (Wildman–Crippen LogP) is 2.41. The quantitative estimate of drug-likeness (QED) is 0.749. The normalized spacial score (nSPS) is 12.2. The topological polar surface area (TPSA) is 35.2 Å². The molecule has 1 atom stereocenters. The van der Waals surface area contributed by atoms with Gasteiger partial charge in [-0.25, -0.2) is 4.39 Å². The first-order valence-corrected chi connectivity index (χ1v) is 4.39. The summed E-state index contributed by atoms with van der Waals surface area (Å²) in [7, 11) is 1.43. The zero-order valence-corrected chi connectivity index (χ0v) is 8.16. The molecule has 1 aromatic carbocycles. The lowest BCUT2D eigenvalue weighted by Gasteiger charge is -2.14. The van der Waals surface area contributed by atoms with E-state index in [-0.39, 0.29) is 17.6 Å². The average molecular weight is 195 g/mol. The molecule has 2 N–H and O–H groups in total. The van der Waals surface area contributed by atoms with Crippen LogP contribution in [0.3, 0.4) is 0 Å². The van der Waals surface area contributed by atoms with Gasteiger partial charge in [-0.1, -0.05) is 18.2 Å². The second-order valence-electron chi connectivity index (χ2n) is 2.99. The monoisotopic (exact) mass is 195 g/mol. The summed E-state index contributed by atoms with van der Waals surface area (Å²) in [5.41, 5.74) is 6.51. The molecule has 2 nitrogen and oxygen atoms in total. The van der Waals surface area contributed by atoms with Crippen LogP contribution in [0, 0.1) is 5.82 Å². The third-order valence-electron chi connectivity index (χ3n) is 2.02. The Bertz CT molecular complexity index is 325. The number of rotatable bonds is 4. The molecule has 1 aromatic rings. The largest absolute Gasteiger partial charge is 0.493 e. The number of ether oxygens (including phenoxy) is 1. The van der Waals surface area contributed by atoms with Crippen LogP contribution in [-0.2, 0) is 0 Å². The minimum absolute atomic E-state index is 0.224. The lowest BCUT2D eigenvalue weighted by Crippen LogP contribution is -2.11. The zero-order valence-electron chi connectivity index (χ0n) is 8.16. The van der Waals surface area contributed by atoms with Crippen LogP contribution in [0.5, 0.6) is 5.75 Å². The van der Waals surface area contributed by atoms with Crippen molar-refractivity contribution in [3.63, 3.8) is 0 Å². The van der Waals surface area contributed by atoms with E-state index in [2.05, 4.69) is 6.58 Å². The van der Waals surface area contributed by atoms with Crippen molar-refractivity contribution in [2.45, 2.75) is 12.5 Å². The summed E-state index contributed by atoms with van der Waals surface area (Å²) in [6.45, 7) is 3.59. The second-order valence-corrected chi connectivity index (χ2v) is 2.99. The first-order chi connectivity index (χ1) is 6.70. The molecule has 0 saturated carbocycles. The third kappa shape index (κ3) is 2.12. The number of hydrogen-bond acceptors (Lipinski definition) is 2. The van der Waals surface area contributed by atoms with Gasteiger partial charge in [0, 0.05) is 11.6 Å². The van der Waals surface area contributed by atoms with Crippen LogP contribution in [0.2, 0.25) is 0 Å². The van der Waals surface area contributed by atoms with Gasteiger partial charge in [-0.2, -0.15) is 0 Å². The van der Waals surface area contributed by atoms with E-state index in [4.69, 9.17) is 10.5 Å². The van der Waals surface area contributed by atoms with Crippen molar-refractivity contribution >= 4 is 0 Å². The minimum atomic E-state index is -0.385. The highest BCUT2D eigenvalue weighted by Crippen LogP contribution is 2.28. The summed E-state index contributed by atoms with van der Waals surface area (Å²) < 4.78 is 18.2. The first kappa shape index (κ1) is 10.7. The van der Waals surface area contributed by atoms with Crippen molar-refractivity contribution in [2.75, 3.05) is 7.11 Å². The molecular formula is C11H14FNO. The number of nitrogens with two attached hydrogens (primary N) is 1. The Hall–Kier alpha value is -1.35. The number of benzene rings is 1. The third-order valence-corrected chi connectivity index (χ3v) is 2.02. The molecule has 3 heteroatoms. The van der Waals surface area contributed by atoms with Gasteiger partial charge in [0.25, 0.3) is 0 Å². The van der Waals surface area contributed by atoms with Crippen LogP contribution in [0.25, 0.3) is 0 Å². The fourth-order valence-corrected chi connectivity index (χ4v) is 1.34. The Kier molecular flexibility index (Phi) is 3.65. The Morgan fingerprint density at radius 2 is 2.36 bits per heavy atom. The Morgan fingerprint density at radius 3 is 2.93 bits per heavy atom. The van der Waals surface area contributed by atoms with E-state index < -0.39 is 0 Å². The van der Waals surface area contributed by atoms with Crippen molar-refractivity contribution in [3.8, 4) is 5.75 Å². The molecule has 0 aromatic heterocycles. The standard InChI is InChI=1S/C11H14FNO/c1-3-5-10(13)8-6-4-7-9(12)11(8)14-2/h3-4,6-7,10H,1,5,13H2,2H3. The summed E-state index contributed by atoms with van der Waals surface area (Å²) in [6.07, 6.45) is 2.30. The van der Waals surface area contributed by atoms with Gasteiger partial charge in [-0.05, 0) is 12.5 Å². The predicted molar refractivity (Wildman–Crippen MR) is 54.7 cm³/mol. The molecular weight excluding hydrogens is 181 g/mol. The van der Waals surface area contributed by atoms with E-state index in [1.165, 1.54) is 13.2 Å². The fourth-order valence-electron chi connectivity index (χ4n) is 1.34. The molecule has 0 fully saturated rings. The smallest absolute Gasteiger partial charge is 0.165 e. The maximum Gasteiger partial charge on any atom is 0.165 e. The van der Waals surface area contributed by atoms with Crippen molar-refractivity contribution < 1.29 is 9.13 Å². The van der Waals surface area contributed by atoms with Gasteiger partial charge in [-0.3, -0.25) is 0 Å². The fraction of sp³-hybridized carbons (Fsp3) is 0.273. The molecule has 1 unspecified atom stereocenters. The molecule has 0 amide bonds. The minimum Gasteiger partial charge on any atom is -0.493 e. The Morgan fingerprint density at radius 1 is 1.64 bits per heavy atom.